The topological polar surface area (TPSA) is 58.4 Å². The number of carbonyl (C=O) groups excluding carboxylic acids is 1. The van der Waals surface area contributed by atoms with Crippen LogP contribution in [-0.4, -0.2) is 19.0 Å². The number of nitrogens with zero attached hydrogens (tertiary/aromatic N) is 1. The largest absolute Gasteiger partial charge is 0.397 e. The lowest BCUT2D eigenvalue weighted by molar-refractivity contribution is 0.102. The van der Waals surface area contributed by atoms with Gasteiger partial charge in [-0.3, -0.25) is 4.79 Å². The predicted octanol–water partition coefficient (Wildman–Crippen LogP) is 5.33. The van der Waals surface area contributed by atoms with Crippen molar-refractivity contribution in [2.45, 2.75) is 13.8 Å². The van der Waals surface area contributed by atoms with E-state index in [0.717, 1.165) is 18.8 Å². The van der Waals surface area contributed by atoms with Gasteiger partial charge in [0.25, 0.3) is 5.91 Å². The molecule has 0 aliphatic heterocycles. The quantitative estimate of drug-likeness (QED) is 0.683. The number of rotatable bonds is 5. The summed E-state index contributed by atoms with van der Waals surface area (Å²) in [4.78, 5) is 14.6. The van der Waals surface area contributed by atoms with Gasteiger partial charge in [-0.1, -0.05) is 34.8 Å². The summed E-state index contributed by atoms with van der Waals surface area (Å²) in [5.41, 5.74) is 8.17. The number of anilines is 3. The zero-order valence-electron chi connectivity index (χ0n) is 13.4. The second-order valence-electron chi connectivity index (χ2n) is 5.14. The van der Waals surface area contributed by atoms with Crippen LogP contribution in [-0.2, 0) is 0 Å². The Kier molecular flexibility index (Phi) is 6.21. The predicted molar refractivity (Wildman–Crippen MR) is 104 cm³/mol. The van der Waals surface area contributed by atoms with Crippen LogP contribution >= 0.6 is 34.8 Å². The summed E-state index contributed by atoms with van der Waals surface area (Å²) in [6.45, 7) is 5.63. The van der Waals surface area contributed by atoms with Gasteiger partial charge in [0.1, 0.15) is 0 Å². The van der Waals surface area contributed by atoms with Crippen LogP contribution in [0.2, 0.25) is 15.1 Å². The molecule has 7 heteroatoms. The van der Waals surface area contributed by atoms with Crippen LogP contribution in [0.15, 0.2) is 30.3 Å². The molecule has 0 aliphatic carbocycles. The Morgan fingerprint density at radius 1 is 1.08 bits per heavy atom. The normalized spacial score (nSPS) is 10.5. The van der Waals surface area contributed by atoms with E-state index in [-0.39, 0.29) is 11.5 Å². The molecule has 0 bridgehead atoms. The lowest BCUT2D eigenvalue weighted by atomic mass is 10.2. The highest BCUT2D eigenvalue weighted by molar-refractivity contribution is 6.37. The van der Waals surface area contributed by atoms with Crippen molar-refractivity contribution in [3.8, 4) is 0 Å². The molecule has 2 aromatic carbocycles. The molecule has 0 unspecified atom stereocenters. The van der Waals surface area contributed by atoms with E-state index in [9.17, 15) is 4.79 Å². The van der Waals surface area contributed by atoms with Gasteiger partial charge < -0.3 is 16.0 Å². The first-order valence-corrected chi connectivity index (χ1v) is 8.61. The van der Waals surface area contributed by atoms with Crippen LogP contribution in [0.1, 0.15) is 24.2 Å². The minimum atomic E-state index is -0.389. The number of halogens is 3. The van der Waals surface area contributed by atoms with Crippen LogP contribution < -0.4 is 16.0 Å². The lowest BCUT2D eigenvalue weighted by Gasteiger charge is -2.24. The molecule has 0 radical (unpaired) electrons. The van der Waals surface area contributed by atoms with E-state index < -0.39 is 0 Å². The Labute approximate surface area is 156 Å². The van der Waals surface area contributed by atoms with Crippen molar-refractivity contribution >= 4 is 57.8 Å². The lowest BCUT2D eigenvalue weighted by Crippen LogP contribution is -2.23. The first-order valence-electron chi connectivity index (χ1n) is 7.47. The Morgan fingerprint density at radius 3 is 2.38 bits per heavy atom. The summed E-state index contributed by atoms with van der Waals surface area (Å²) in [5.74, 6) is -0.389. The molecular formula is C17H18Cl3N3O. The molecule has 2 aromatic rings. The van der Waals surface area contributed by atoms with Crippen molar-refractivity contribution in [2.75, 3.05) is 29.0 Å². The maximum absolute atomic E-state index is 12.5. The first kappa shape index (κ1) is 18.7. The van der Waals surface area contributed by atoms with Crippen molar-refractivity contribution in [1.29, 1.82) is 0 Å². The molecule has 0 saturated heterocycles. The van der Waals surface area contributed by atoms with Crippen molar-refractivity contribution in [2.24, 2.45) is 0 Å². The molecule has 0 aliphatic rings. The van der Waals surface area contributed by atoms with Crippen molar-refractivity contribution in [3.05, 3.63) is 51.0 Å². The number of nitrogens with two attached hydrogens (primary N) is 1. The molecule has 1 amide bonds. The first-order chi connectivity index (χ1) is 11.4. The third-order valence-corrected chi connectivity index (χ3v) is 4.52. The van der Waals surface area contributed by atoms with E-state index >= 15 is 0 Å². The number of amides is 1. The van der Waals surface area contributed by atoms with E-state index in [0.29, 0.717) is 26.4 Å². The highest BCUT2D eigenvalue weighted by atomic mass is 35.5. The monoisotopic (exact) mass is 385 g/mol. The van der Waals surface area contributed by atoms with Gasteiger partial charge in [0.2, 0.25) is 0 Å². The molecule has 2 rings (SSSR count). The second kappa shape index (κ2) is 7.97. The Morgan fingerprint density at radius 2 is 1.75 bits per heavy atom. The minimum Gasteiger partial charge on any atom is -0.397 e. The average molecular weight is 387 g/mol. The number of nitrogens with one attached hydrogen (secondary N) is 1. The van der Waals surface area contributed by atoms with Gasteiger partial charge in [-0.05, 0) is 44.2 Å². The highest BCUT2D eigenvalue weighted by Crippen LogP contribution is 2.34. The van der Waals surface area contributed by atoms with Crippen molar-refractivity contribution in [3.63, 3.8) is 0 Å². The summed E-state index contributed by atoms with van der Waals surface area (Å²) in [6.07, 6.45) is 0. The maximum atomic E-state index is 12.5. The van der Waals surface area contributed by atoms with Gasteiger partial charge in [0, 0.05) is 18.1 Å². The number of carbonyl (C=O) groups is 1. The third kappa shape index (κ3) is 4.07. The Bertz CT molecular complexity index is 761. The van der Waals surface area contributed by atoms with Crippen LogP contribution in [0.5, 0.6) is 0 Å². The molecule has 0 atom stereocenters. The SMILES string of the molecule is CCN(CC)c1cc(NC(=O)c2cc(Cl)ccc2Cl)c(Cl)cc1N. The van der Waals surface area contributed by atoms with E-state index in [1.165, 1.54) is 6.07 Å². The van der Waals surface area contributed by atoms with Crippen LogP contribution in [0.4, 0.5) is 17.1 Å². The average Bonchev–Trinajstić information content (AvgIpc) is 2.54. The number of nitrogen functional groups attached to an aromatic ring is 1. The van der Waals surface area contributed by atoms with Gasteiger partial charge >= 0.3 is 0 Å². The minimum absolute atomic E-state index is 0.279. The molecule has 0 aromatic heterocycles. The number of hydrogen-bond donors (Lipinski definition) is 2. The van der Waals surface area contributed by atoms with E-state index in [1.807, 2.05) is 13.8 Å². The van der Waals surface area contributed by atoms with Gasteiger partial charge in [-0.2, -0.15) is 0 Å². The summed E-state index contributed by atoms with van der Waals surface area (Å²) in [6, 6.07) is 8.10. The van der Waals surface area contributed by atoms with Gasteiger partial charge in [0.05, 0.1) is 32.7 Å². The van der Waals surface area contributed by atoms with Gasteiger partial charge in [-0.15, -0.1) is 0 Å². The van der Waals surface area contributed by atoms with E-state index in [2.05, 4.69) is 10.2 Å². The molecule has 4 nitrogen and oxygen atoms in total. The fourth-order valence-corrected chi connectivity index (χ4v) is 2.97. The zero-order valence-corrected chi connectivity index (χ0v) is 15.6. The number of hydrogen-bond acceptors (Lipinski definition) is 3. The third-order valence-electron chi connectivity index (χ3n) is 3.64. The molecule has 3 N–H and O–H groups in total. The van der Waals surface area contributed by atoms with E-state index in [4.69, 9.17) is 40.5 Å². The van der Waals surface area contributed by atoms with Gasteiger partial charge in [-0.25, -0.2) is 0 Å². The summed E-state index contributed by atoms with van der Waals surface area (Å²) in [5, 5.41) is 3.87. The molecule has 128 valence electrons. The summed E-state index contributed by atoms with van der Waals surface area (Å²) >= 11 is 18.2. The molecule has 0 fully saturated rings. The van der Waals surface area contributed by atoms with E-state index in [1.54, 1.807) is 24.3 Å². The van der Waals surface area contributed by atoms with Crippen LogP contribution in [0.3, 0.4) is 0 Å². The van der Waals surface area contributed by atoms with Crippen LogP contribution in [0.25, 0.3) is 0 Å². The van der Waals surface area contributed by atoms with Gasteiger partial charge in [0.15, 0.2) is 0 Å². The summed E-state index contributed by atoms with van der Waals surface area (Å²) < 4.78 is 0. The molecule has 0 saturated carbocycles. The standard InChI is InChI=1S/C17H18Cl3N3O/c1-3-23(4-2)16-9-15(13(20)8-14(16)21)22-17(24)11-7-10(18)5-6-12(11)19/h5-9H,3-4,21H2,1-2H3,(H,22,24). The second-order valence-corrected chi connectivity index (χ2v) is 6.39. The molecular weight excluding hydrogens is 369 g/mol. The van der Waals surface area contributed by atoms with Crippen molar-refractivity contribution in [1.82, 2.24) is 0 Å². The number of benzene rings is 2. The Hall–Kier alpha value is -1.62. The fourth-order valence-electron chi connectivity index (χ4n) is 2.37. The molecule has 0 spiro atoms. The van der Waals surface area contributed by atoms with Crippen LogP contribution in [0, 0.1) is 0 Å². The molecule has 24 heavy (non-hydrogen) atoms. The zero-order chi connectivity index (χ0) is 17.9. The molecule has 0 heterocycles. The van der Waals surface area contributed by atoms with Crippen molar-refractivity contribution < 1.29 is 4.79 Å². The summed E-state index contributed by atoms with van der Waals surface area (Å²) in [7, 11) is 0. The maximum Gasteiger partial charge on any atom is 0.257 e. The highest BCUT2D eigenvalue weighted by Gasteiger charge is 2.16. The smallest absolute Gasteiger partial charge is 0.257 e. The Balaban J connectivity index is 2.37. The fraction of sp³-hybridized carbons (Fsp3) is 0.235.